The predicted octanol–water partition coefficient (Wildman–Crippen LogP) is 12.5. The van der Waals surface area contributed by atoms with Crippen molar-refractivity contribution in [2.75, 3.05) is 0 Å². The van der Waals surface area contributed by atoms with Gasteiger partial charge in [-0.2, -0.15) is 0 Å². The molecule has 0 atom stereocenters. The summed E-state index contributed by atoms with van der Waals surface area (Å²) in [5, 5.41) is 4.54. The zero-order valence-corrected chi connectivity index (χ0v) is 29.6. The molecule has 0 amide bonds. The highest BCUT2D eigenvalue weighted by Crippen LogP contribution is 2.42. The number of hydrogen-bond donors (Lipinski definition) is 0. The number of fused-ring (bicyclic) bond motifs is 9. The van der Waals surface area contributed by atoms with Crippen molar-refractivity contribution in [1.82, 2.24) is 24.3 Å². The van der Waals surface area contributed by atoms with Crippen LogP contribution in [0.15, 0.2) is 188 Å². The lowest BCUT2D eigenvalue weighted by atomic mass is 9.90. The van der Waals surface area contributed by atoms with E-state index in [2.05, 4.69) is 156 Å². The van der Waals surface area contributed by atoms with Gasteiger partial charge in [0.15, 0.2) is 0 Å². The SMILES string of the molecule is c1ccc(-c2cc3nc(-c4ccccc4)c(-c4ccccc4)nc3cc2-c2ccc3c(c2)c2cc(-c4ccccn4)ccc2c2nc4ccccn4c32)cc1. The molecule has 5 heteroatoms. The first kappa shape index (κ1) is 31.1. The van der Waals surface area contributed by atoms with Crippen molar-refractivity contribution in [2.24, 2.45) is 0 Å². The molecule has 0 aliphatic rings. The van der Waals surface area contributed by atoms with Gasteiger partial charge in [-0.05, 0) is 81.6 Å². The summed E-state index contributed by atoms with van der Waals surface area (Å²) in [5.74, 6) is 0. The van der Waals surface area contributed by atoms with Gasteiger partial charge in [0.05, 0.1) is 39.1 Å². The van der Waals surface area contributed by atoms with Gasteiger partial charge >= 0.3 is 0 Å². The summed E-state index contributed by atoms with van der Waals surface area (Å²) in [5.41, 5.74) is 14.9. The Morgan fingerprint density at radius 2 is 0.945 bits per heavy atom. The van der Waals surface area contributed by atoms with Gasteiger partial charge in [0.2, 0.25) is 0 Å². The Balaban J connectivity index is 1.22. The highest BCUT2D eigenvalue weighted by molar-refractivity contribution is 6.25. The molecule has 0 saturated heterocycles. The van der Waals surface area contributed by atoms with E-state index in [0.29, 0.717) is 0 Å². The van der Waals surface area contributed by atoms with Gasteiger partial charge in [0.25, 0.3) is 0 Å². The van der Waals surface area contributed by atoms with Crippen LogP contribution < -0.4 is 0 Å². The van der Waals surface area contributed by atoms with Crippen LogP contribution in [0.4, 0.5) is 0 Å². The quantitative estimate of drug-likeness (QED) is 0.168. The Labute approximate surface area is 316 Å². The maximum atomic E-state index is 5.39. The molecule has 256 valence electrons. The van der Waals surface area contributed by atoms with Crippen molar-refractivity contribution in [3.05, 3.63) is 188 Å². The molecule has 5 nitrogen and oxygen atoms in total. The van der Waals surface area contributed by atoms with E-state index in [-0.39, 0.29) is 0 Å². The predicted molar refractivity (Wildman–Crippen MR) is 226 cm³/mol. The fourth-order valence-corrected chi connectivity index (χ4v) is 8.04. The summed E-state index contributed by atoms with van der Waals surface area (Å²) in [6.45, 7) is 0. The minimum absolute atomic E-state index is 0.841. The molecule has 0 aliphatic carbocycles. The van der Waals surface area contributed by atoms with Crippen molar-refractivity contribution < 1.29 is 0 Å². The molecule has 0 saturated carbocycles. The fraction of sp³-hybridized carbons (Fsp3) is 0. The van der Waals surface area contributed by atoms with Gasteiger partial charge in [-0.1, -0.05) is 127 Å². The number of rotatable bonds is 5. The average Bonchev–Trinajstić information content (AvgIpc) is 3.66. The zero-order chi connectivity index (χ0) is 36.3. The average molecular weight is 702 g/mol. The van der Waals surface area contributed by atoms with Gasteiger partial charge in [0.1, 0.15) is 5.65 Å². The molecule has 4 aromatic heterocycles. The summed E-state index contributed by atoms with van der Waals surface area (Å²) in [6, 6.07) is 61.5. The molecule has 0 fully saturated rings. The molecular formula is C50H31N5. The van der Waals surface area contributed by atoms with Crippen molar-refractivity contribution in [3.63, 3.8) is 0 Å². The van der Waals surface area contributed by atoms with Crippen LogP contribution in [0.25, 0.3) is 105 Å². The van der Waals surface area contributed by atoms with Gasteiger partial charge in [-0.3, -0.25) is 9.38 Å². The molecule has 0 unspecified atom stereocenters. The Morgan fingerprint density at radius 1 is 0.382 bits per heavy atom. The lowest BCUT2D eigenvalue weighted by molar-refractivity contribution is 1.23. The normalized spacial score (nSPS) is 11.6. The monoisotopic (exact) mass is 701 g/mol. The molecule has 0 radical (unpaired) electrons. The number of aromatic nitrogens is 5. The van der Waals surface area contributed by atoms with E-state index in [1.165, 1.54) is 0 Å². The second-order valence-corrected chi connectivity index (χ2v) is 13.9. The van der Waals surface area contributed by atoms with Crippen LogP contribution in [0.3, 0.4) is 0 Å². The Hall–Kier alpha value is -7.50. The third kappa shape index (κ3) is 5.17. The third-order valence-electron chi connectivity index (χ3n) is 10.6. The van der Waals surface area contributed by atoms with E-state index in [1.54, 1.807) is 0 Å². The van der Waals surface area contributed by atoms with E-state index in [4.69, 9.17) is 19.9 Å². The van der Waals surface area contributed by atoms with E-state index in [1.807, 2.05) is 36.5 Å². The summed E-state index contributed by atoms with van der Waals surface area (Å²) in [7, 11) is 0. The van der Waals surface area contributed by atoms with E-state index >= 15 is 0 Å². The molecule has 0 bridgehead atoms. The second-order valence-electron chi connectivity index (χ2n) is 13.9. The topological polar surface area (TPSA) is 56.0 Å². The smallest absolute Gasteiger partial charge is 0.137 e. The second kappa shape index (κ2) is 12.6. The number of hydrogen-bond acceptors (Lipinski definition) is 4. The number of benzene rings is 7. The molecule has 7 aromatic carbocycles. The van der Waals surface area contributed by atoms with Crippen LogP contribution in [-0.2, 0) is 0 Å². The molecule has 11 aromatic rings. The van der Waals surface area contributed by atoms with Crippen LogP contribution >= 0.6 is 0 Å². The van der Waals surface area contributed by atoms with E-state index < -0.39 is 0 Å². The number of pyridine rings is 2. The Kier molecular flexibility index (Phi) is 7.10. The summed E-state index contributed by atoms with van der Waals surface area (Å²) < 4.78 is 2.21. The Morgan fingerprint density at radius 3 is 1.62 bits per heavy atom. The third-order valence-corrected chi connectivity index (χ3v) is 10.6. The Bertz CT molecular complexity index is 3230. The van der Waals surface area contributed by atoms with Gasteiger partial charge in [-0.25, -0.2) is 15.0 Å². The van der Waals surface area contributed by atoms with Crippen molar-refractivity contribution in [3.8, 4) is 56.0 Å². The molecule has 0 N–H and O–H groups in total. The van der Waals surface area contributed by atoms with E-state index in [0.717, 1.165) is 105 Å². The molecule has 11 rings (SSSR count). The fourth-order valence-electron chi connectivity index (χ4n) is 8.04. The zero-order valence-electron chi connectivity index (χ0n) is 29.6. The minimum atomic E-state index is 0.841. The van der Waals surface area contributed by atoms with Gasteiger partial charge < -0.3 is 0 Å². The first-order chi connectivity index (χ1) is 27.3. The lowest BCUT2D eigenvalue weighted by Gasteiger charge is -2.16. The van der Waals surface area contributed by atoms with Crippen LogP contribution in [0.5, 0.6) is 0 Å². The molecule has 4 heterocycles. The maximum absolute atomic E-state index is 5.39. The maximum Gasteiger partial charge on any atom is 0.137 e. The standard InChI is InChI=1S/C50H31N5/c1-4-14-32(15-5-1)39-30-44-45(53-48(34-18-8-3-9-19-34)47(52-44)33-16-6-2-7-17-33)31-40(39)35-22-25-38-42(28-35)41-29-36(43-20-10-12-26-51-43)23-24-37(41)49-50(38)55-27-13-11-21-46(55)54-49/h1-31H. The van der Waals surface area contributed by atoms with Crippen LogP contribution in [0.2, 0.25) is 0 Å². The summed E-state index contributed by atoms with van der Waals surface area (Å²) in [6.07, 6.45) is 3.95. The number of nitrogens with zero attached hydrogens (tertiary/aromatic N) is 5. The molecule has 55 heavy (non-hydrogen) atoms. The first-order valence-corrected chi connectivity index (χ1v) is 18.5. The largest absolute Gasteiger partial charge is 0.299 e. The van der Waals surface area contributed by atoms with E-state index in [9.17, 15) is 0 Å². The highest BCUT2D eigenvalue weighted by Gasteiger charge is 2.20. The number of imidazole rings is 1. The summed E-state index contributed by atoms with van der Waals surface area (Å²) >= 11 is 0. The molecular weight excluding hydrogens is 671 g/mol. The van der Waals surface area contributed by atoms with Crippen LogP contribution in [0, 0.1) is 0 Å². The molecule has 0 spiro atoms. The summed E-state index contributed by atoms with van der Waals surface area (Å²) in [4.78, 5) is 20.6. The molecule has 0 aliphatic heterocycles. The van der Waals surface area contributed by atoms with Crippen molar-refractivity contribution >= 4 is 49.3 Å². The van der Waals surface area contributed by atoms with Crippen molar-refractivity contribution in [2.45, 2.75) is 0 Å². The van der Waals surface area contributed by atoms with Crippen LogP contribution in [0.1, 0.15) is 0 Å². The lowest BCUT2D eigenvalue weighted by Crippen LogP contribution is -1.97. The van der Waals surface area contributed by atoms with Gasteiger partial charge in [0, 0.05) is 39.9 Å². The van der Waals surface area contributed by atoms with Crippen LogP contribution in [-0.4, -0.2) is 24.3 Å². The highest BCUT2D eigenvalue weighted by atomic mass is 15.0. The first-order valence-electron chi connectivity index (χ1n) is 18.5. The van der Waals surface area contributed by atoms with Crippen molar-refractivity contribution in [1.29, 1.82) is 0 Å². The van der Waals surface area contributed by atoms with Gasteiger partial charge in [-0.15, -0.1) is 0 Å². The minimum Gasteiger partial charge on any atom is -0.299 e.